The van der Waals surface area contributed by atoms with Crippen LogP contribution in [-0.4, -0.2) is 11.1 Å². The molecule has 0 radical (unpaired) electrons. The first-order valence-electron chi connectivity index (χ1n) is 4.96. The number of carboxylic acids is 1. The normalized spacial score (nSPS) is 10.3. The quantitative estimate of drug-likeness (QED) is 0.889. The summed E-state index contributed by atoms with van der Waals surface area (Å²) in [6.45, 7) is 0.332. The van der Waals surface area contributed by atoms with Crippen molar-refractivity contribution in [2.45, 2.75) is 6.61 Å². The molecule has 0 amide bonds. The van der Waals surface area contributed by atoms with Gasteiger partial charge < -0.3 is 9.84 Å². The van der Waals surface area contributed by atoms with Crippen molar-refractivity contribution in [1.82, 2.24) is 0 Å². The zero-order valence-electron chi connectivity index (χ0n) is 9.02. The lowest BCUT2D eigenvalue weighted by atomic mass is 10.2. The van der Waals surface area contributed by atoms with Gasteiger partial charge in [-0.2, -0.15) is 0 Å². The molecule has 1 heterocycles. The highest BCUT2D eigenvalue weighted by Crippen LogP contribution is 2.26. The van der Waals surface area contributed by atoms with E-state index >= 15 is 0 Å². The fourth-order valence-corrected chi connectivity index (χ4v) is 2.94. The zero-order chi connectivity index (χ0) is 13.1. The van der Waals surface area contributed by atoms with Crippen LogP contribution >= 0.6 is 38.9 Å². The first kappa shape index (κ1) is 13.4. The number of halogens is 2. The highest BCUT2D eigenvalue weighted by atomic mass is 79.9. The van der Waals surface area contributed by atoms with Crippen molar-refractivity contribution in [3.05, 3.63) is 49.6 Å². The Kier molecular flexibility index (Phi) is 4.27. The van der Waals surface area contributed by atoms with Crippen LogP contribution in [0.2, 0.25) is 5.02 Å². The Morgan fingerprint density at radius 2 is 2.17 bits per heavy atom. The van der Waals surface area contributed by atoms with E-state index in [0.717, 1.165) is 8.66 Å². The second-order valence-electron chi connectivity index (χ2n) is 3.44. The number of ether oxygens (including phenoxy) is 1. The van der Waals surface area contributed by atoms with Crippen LogP contribution in [-0.2, 0) is 6.61 Å². The number of hydrogen-bond donors (Lipinski definition) is 1. The molecule has 6 heteroatoms. The van der Waals surface area contributed by atoms with E-state index in [4.69, 9.17) is 21.4 Å². The summed E-state index contributed by atoms with van der Waals surface area (Å²) in [4.78, 5) is 12.1. The van der Waals surface area contributed by atoms with E-state index in [1.54, 1.807) is 23.5 Å². The van der Waals surface area contributed by atoms with Crippen molar-refractivity contribution < 1.29 is 14.6 Å². The van der Waals surface area contributed by atoms with E-state index in [1.807, 2.05) is 12.1 Å². The van der Waals surface area contributed by atoms with Crippen molar-refractivity contribution in [3.8, 4) is 5.75 Å². The van der Waals surface area contributed by atoms with Gasteiger partial charge in [-0.25, -0.2) is 4.79 Å². The number of benzene rings is 1. The second-order valence-corrected chi connectivity index (χ2v) is 6.42. The maximum absolute atomic E-state index is 11.0. The molecule has 3 nitrogen and oxygen atoms in total. The predicted molar refractivity (Wildman–Crippen MR) is 74.8 cm³/mol. The van der Waals surface area contributed by atoms with Crippen LogP contribution in [0.25, 0.3) is 0 Å². The molecule has 0 aliphatic carbocycles. The SMILES string of the molecule is O=C(O)c1cc(Cl)ccc1OCc1ccc(Br)s1. The van der Waals surface area contributed by atoms with Gasteiger partial charge in [0.1, 0.15) is 17.9 Å². The number of carboxylic acid groups (broad SMARTS) is 1. The fourth-order valence-electron chi connectivity index (χ4n) is 1.37. The first-order valence-corrected chi connectivity index (χ1v) is 6.95. The molecule has 0 unspecified atom stereocenters. The molecular weight excluding hydrogens is 340 g/mol. The minimum atomic E-state index is -1.06. The fraction of sp³-hybridized carbons (Fsp3) is 0.0833. The molecular formula is C12H8BrClO3S. The van der Waals surface area contributed by atoms with E-state index in [-0.39, 0.29) is 5.56 Å². The third kappa shape index (κ3) is 3.25. The summed E-state index contributed by atoms with van der Waals surface area (Å²) in [6.07, 6.45) is 0. The molecule has 0 saturated heterocycles. The second kappa shape index (κ2) is 5.73. The number of rotatable bonds is 4. The Bertz CT molecular complexity index is 582. The van der Waals surface area contributed by atoms with Gasteiger partial charge in [-0.1, -0.05) is 11.6 Å². The highest BCUT2D eigenvalue weighted by molar-refractivity contribution is 9.11. The van der Waals surface area contributed by atoms with Gasteiger partial charge in [0.25, 0.3) is 0 Å². The number of aromatic carboxylic acids is 1. The van der Waals surface area contributed by atoms with Gasteiger partial charge in [-0.15, -0.1) is 11.3 Å². The predicted octanol–water partition coefficient (Wildman–Crippen LogP) is 4.44. The van der Waals surface area contributed by atoms with Gasteiger partial charge in [0.05, 0.1) is 3.79 Å². The van der Waals surface area contributed by atoms with Crippen molar-refractivity contribution in [1.29, 1.82) is 0 Å². The lowest BCUT2D eigenvalue weighted by Crippen LogP contribution is -2.02. The van der Waals surface area contributed by atoms with Gasteiger partial charge in [-0.05, 0) is 46.3 Å². The van der Waals surface area contributed by atoms with Crippen LogP contribution in [0.3, 0.4) is 0 Å². The largest absolute Gasteiger partial charge is 0.487 e. The third-order valence-electron chi connectivity index (χ3n) is 2.17. The Morgan fingerprint density at radius 3 is 2.78 bits per heavy atom. The van der Waals surface area contributed by atoms with Crippen molar-refractivity contribution >= 4 is 44.8 Å². The molecule has 0 saturated carbocycles. The van der Waals surface area contributed by atoms with E-state index < -0.39 is 5.97 Å². The van der Waals surface area contributed by atoms with Gasteiger partial charge in [0.15, 0.2) is 0 Å². The summed E-state index contributed by atoms with van der Waals surface area (Å²) in [7, 11) is 0. The Hall–Kier alpha value is -1.04. The average molecular weight is 348 g/mol. The van der Waals surface area contributed by atoms with Crippen LogP contribution < -0.4 is 4.74 Å². The van der Waals surface area contributed by atoms with Crippen LogP contribution in [0.4, 0.5) is 0 Å². The van der Waals surface area contributed by atoms with Crippen LogP contribution in [0.15, 0.2) is 34.1 Å². The van der Waals surface area contributed by atoms with Crippen LogP contribution in [0, 0.1) is 0 Å². The molecule has 0 aliphatic rings. The van der Waals surface area contributed by atoms with Gasteiger partial charge in [-0.3, -0.25) is 0 Å². The van der Waals surface area contributed by atoms with Crippen LogP contribution in [0.5, 0.6) is 5.75 Å². The molecule has 1 aromatic heterocycles. The molecule has 0 atom stereocenters. The monoisotopic (exact) mass is 346 g/mol. The third-order valence-corrected chi connectivity index (χ3v) is 4.00. The molecule has 2 aromatic rings. The van der Waals surface area contributed by atoms with E-state index in [2.05, 4.69) is 15.9 Å². The van der Waals surface area contributed by atoms with Gasteiger partial charge >= 0.3 is 5.97 Å². The highest BCUT2D eigenvalue weighted by Gasteiger charge is 2.12. The zero-order valence-corrected chi connectivity index (χ0v) is 12.2. The van der Waals surface area contributed by atoms with Crippen molar-refractivity contribution in [2.24, 2.45) is 0 Å². The minimum Gasteiger partial charge on any atom is -0.487 e. The molecule has 0 bridgehead atoms. The molecule has 18 heavy (non-hydrogen) atoms. The molecule has 0 fully saturated rings. The van der Waals surface area contributed by atoms with Gasteiger partial charge in [0.2, 0.25) is 0 Å². The molecule has 94 valence electrons. The molecule has 2 rings (SSSR count). The lowest BCUT2D eigenvalue weighted by molar-refractivity contribution is 0.0692. The maximum Gasteiger partial charge on any atom is 0.339 e. The number of hydrogen-bond acceptors (Lipinski definition) is 3. The summed E-state index contributed by atoms with van der Waals surface area (Å²) in [5.41, 5.74) is 0.0677. The maximum atomic E-state index is 11.0. The standard InChI is InChI=1S/C12H8BrClO3S/c13-11-4-2-8(18-11)6-17-10-3-1-7(14)5-9(10)12(15)16/h1-5H,6H2,(H,15,16). The Labute approximate surface area is 121 Å². The lowest BCUT2D eigenvalue weighted by Gasteiger charge is -2.08. The number of carbonyl (C=O) groups is 1. The van der Waals surface area contributed by atoms with Crippen LogP contribution in [0.1, 0.15) is 15.2 Å². The molecule has 1 aromatic carbocycles. The van der Waals surface area contributed by atoms with E-state index in [1.165, 1.54) is 6.07 Å². The topological polar surface area (TPSA) is 46.5 Å². The summed E-state index contributed by atoms with van der Waals surface area (Å²) in [5.74, 6) is -0.740. The molecule has 0 spiro atoms. The van der Waals surface area contributed by atoms with E-state index in [9.17, 15) is 4.79 Å². The minimum absolute atomic E-state index is 0.0677. The van der Waals surface area contributed by atoms with E-state index in [0.29, 0.717) is 17.4 Å². The smallest absolute Gasteiger partial charge is 0.339 e. The van der Waals surface area contributed by atoms with Crippen molar-refractivity contribution in [2.75, 3.05) is 0 Å². The molecule has 0 aliphatic heterocycles. The van der Waals surface area contributed by atoms with Gasteiger partial charge in [0, 0.05) is 9.90 Å². The Morgan fingerprint density at radius 1 is 1.39 bits per heavy atom. The summed E-state index contributed by atoms with van der Waals surface area (Å²) in [5, 5.41) is 9.42. The number of thiophene rings is 1. The molecule has 1 N–H and O–H groups in total. The first-order chi connectivity index (χ1) is 8.56. The summed E-state index contributed by atoms with van der Waals surface area (Å²) >= 11 is 10.7. The average Bonchev–Trinajstić information content (AvgIpc) is 2.73. The van der Waals surface area contributed by atoms with Crippen molar-refractivity contribution in [3.63, 3.8) is 0 Å². The Balaban J connectivity index is 2.16. The summed E-state index contributed by atoms with van der Waals surface area (Å²) < 4.78 is 6.51. The summed E-state index contributed by atoms with van der Waals surface area (Å²) in [6, 6.07) is 8.39.